The molecule has 22 heavy (non-hydrogen) atoms. The van der Waals surface area contributed by atoms with Crippen LogP contribution in [0.25, 0.3) is 10.9 Å². The van der Waals surface area contributed by atoms with Gasteiger partial charge in [0.2, 0.25) is 0 Å². The van der Waals surface area contributed by atoms with E-state index >= 15 is 0 Å². The lowest BCUT2D eigenvalue weighted by Crippen LogP contribution is -2.57. The molecular weight excluding hydrogens is 302 g/mol. The molecule has 1 saturated heterocycles. The van der Waals surface area contributed by atoms with Gasteiger partial charge < -0.3 is 15.2 Å². The molecule has 0 radical (unpaired) electrons. The number of fused-ring (bicyclic) bond motifs is 1. The molecule has 1 aliphatic heterocycles. The third-order valence-corrected chi connectivity index (χ3v) is 4.28. The van der Waals surface area contributed by atoms with Gasteiger partial charge in [0.15, 0.2) is 0 Å². The number of benzene rings is 1. The van der Waals surface area contributed by atoms with Crippen molar-refractivity contribution in [2.45, 2.75) is 25.9 Å². The van der Waals surface area contributed by atoms with Crippen molar-refractivity contribution in [2.24, 2.45) is 0 Å². The maximum Gasteiger partial charge on any atom is 0.261 e. The van der Waals surface area contributed by atoms with Crippen LogP contribution < -0.4 is 10.9 Å². The van der Waals surface area contributed by atoms with Gasteiger partial charge in [0.1, 0.15) is 5.56 Å². The molecule has 2 N–H and O–H groups in total. The molecule has 1 fully saturated rings. The molecule has 1 aromatic carbocycles. The quantitative estimate of drug-likeness (QED) is 0.841. The molecular formula is C16H20ClN3O2. The summed E-state index contributed by atoms with van der Waals surface area (Å²) in [4.78, 5) is 29.4. The van der Waals surface area contributed by atoms with Crippen molar-refractivity contribution in [2.75, 3.05) is 13.1 Å². The molecule has 6 heteroatoms. The van der Waals surface area contributed by atoms with Crippen LogP contribution in [0.3, 0.4) is 0 Å². The first-order valence-corrected chi connectivity index (χ1v) is 7.24. The summed E-state index contributed by atoms with van der Waals surface area (Å²) in [6.07, 6.45) is 0. The zero-order valence-corrected chi connectivity index (χ0v) is 13.4. The molecule has 2 aromatic rings. The number of carbonyl (C=O) groups is 1. The minimum Gasteiger partial charge on any atom is -0.333 e. The number of aromatic nitrogens is 1. The Bertz CT molecular complexity index is 743. The summed E-state index contributed by atoms with van der Waals surface area (Å²) in [5.74, 6) is -0.192. The number of nitrogens with zero attached hydrogens (tertiary/aromatic N) is 1. The summed E-state index contributed by atoms with van der Waals surface area (Å²) in [6, 6.07) is 9.46. The van der Waals surface area contributed by atoms with Crippen molar-refractivity contribution >= 4 is 29.2 Å². The third kappa shape index (κ3) is 2.87. The van der Waals surface area contributed by atoms with Crippen LogP contribution in [0.4, 0.5) is 0 Å². The van der Waals surface area contributed by atoms with Gasteiger partial charge in [0.05, 0.1) is 0 Å². The minimum absolute atomic E-state index is 0. The molecule has 2 heterocycles. The fourth-order valence-corrected chi connectivity index (χ4v) is 2.80. The lowest BCUT2D eigenvalue weighted by molar-refractivity contribution is 0.0601. The molecule has 2 atom stereocenters. The maximum absolute atomic E-state index is 12.7. The number of amides is 1. The summed E-state index contributed by atoms with van der Waals surface area (Å²) in [5, 5.41) is 4.20. The van der Waals surface area contributed by atoms with E-state index in [1.807, 2.05) is 31.2 Å². The molecule has 1 aromatic heterocycles. The topological polar surface area (TPSA) is 65.2 Å². The lowest BCUT2D eigenvalue weighted by atomic mass is 10.1. The van der Waals surface area contributed by atoms with Crippen molar-refractivity contribution in [3.8, 4) is 0 Å². The fourth-order valence-electron chi connectivity index (χ4n) is 2.80. The number of halogens is 1. The van der Waals surface area contributed by atoms with Crippen molar-refractivity contribution in [3.05, 3.63) is 46.2 Å². The number of para-hydroxylation sites is 1. The van der Waals surface area contributed by atoms with E-state index in [0.717, 1.165) is 17.4 Å². The van der Waals surface area contributed by atoms with Gasteiger partial charge in [-0.1, -0.05) is 18.2 Å². The minimum atomic E-state index is -0.322. The highest BCUT2D eigenvalue weighted by atomic mass is 35.5. The summed E-state index contributed by atoms with van der Waals surface area (Å²) in [5.41, 5.74) is 0.646. The molecule has 118 valence electrons. The van der Waals surface area contributed by atoms with Crippen LogP contribution >= 0.6 is 12.4 Å². The van der Waals surface area contributed by atoms with Gasteiger partial charge in [0, 0.05) is 30.7 Å². The number of hydrogen-bond acceptors (Lipinski definition) is 3. The molecule has 0 saturated carbocycles. The molecule has 5 nitrogen and oxygen atoms in total. The second-order valence-corrected chi connectivity index (χ2v) is 5.58. The van der Waals surface area contributed by atoms with Crippen LogP contribution in [-0.2, 0) is 0 Å². The number of piperazine rings is 1. The Morgan fingerprint density at radius 3 is 2.77 bits per heavy atom. The Morgan fingerprint density at radius 2 is 2.00 bits per heavy atom. The van der Waals surface area contributed by atoms with Crippen LogP contribution in [0.15, 0.2) is 35.1 Å². The molecule has 1 amide bonds. The SMILES string of the molecule is CC1NCCN(C(=O)c2cc3ccccc3[nH]c2=O)C1C.Cl. The van der Waals surface area contributed by atoms with E-state index in [1.165, 1.54) is 0 Å². The Labute approximate surface area is 135 Å². The first-order valence-electron chi connectivity index (χ1n) is 7.24. The largest absolute Gasteiger partial charge is 0.333 e. The van der Waals surface area contributed by atoms with E-state index in [9.17, 15) is 9.59 Å². The summed E-state index contributed by atoms with van der Waals surface area (Å²) >= 11 is 0. The molecule has 0 spiro atoms. The van der Waals surface area contributed by atoms with Gasteiger partial charge >= 0.3 is 0 Å². The van der Waals surface area contributed by atoms with E-state index in [1.54, 1.807) is 11.0 Å². The highest BCUT2D eigenvalue weighted by Gasteiger charge is 2.30. The zero-order chi connectivity index (χ0) is 15.0. The Morgan fingerprint density at radius 1 is 1.27 bits per heavy atom. The summed E-state index contributed by atoms with van der Waals surface area (Å²) < 4.78 is 0. The van der Waals surface area contributed by atoms with Gasteiger partial charge in [-0.05, 0) is 31.4 Å². The average molecular weight is 322 g/mol. The van der Waals surface area contributed by atoms with Crippen LogP contribution in [-0.4, -0.2) is 41.0 Å². The van der Waals surface area contributed by atoms with Crippen LogP contribution in [0.2, 0.25) is 0 Å². The maximum atomic E-state index is 12.7. The second-order valence-electron chi connectivity index (χ2n) is 5.58. The smallest absolute Gasteiger partial charge is 0.261 e. The van der Waals surface area contributed by atoms with Crippen LogP contribution in [0, 0.1) is 0 Å². The number of H-pyrrole nitrogens is 1. The Hall–Kier alpha value is -1.85. The van der Waals surface area contributed by atoms with Crippen molar-refractivity contribution < 1.29 is 4.79 Å². The zero-order valence-electron chi connectivity index (χ0n) is 12.6. The van der Waals surface area contributed by atoms with E-state index < -0.39 is 0 Å². The van der Waals surface area contributed by atoms with Gasteiger partial charge in [-0.2, -0.15) is 0 Å². The highest BCUT2D eigenvalue weighted by molar-refractivity contribution is 5.97. The Balaban J connectivity index is 0.00000176. The van der Waals surface area contributed by atoms with Crippen molar-refractivity contribution in [3.63, 3.8) is 0 Å². The normalized spacial score (nSPS) is 21.5. The third-order valence-electron chi connectivity index (χ3n) is 4.28. The molecule has 1 aliphatic rings. The van der Waals surface area contributed by atoms with Gasteiger partial charge in [0.25, 0.3) is 11.5 Å². The first-order chi connectivity index (χ1) is 10.1. The molecule has 2 unspecified atom stereocenters. The molecule has 0 bridgehead atoms. The lowest BCUT2D eigenvalue weighted by Gasteiger charge is -2.38. The molecule has 0 aliphatic carbocycles. The summed E-state index contributed by atoms with van der Waals surface area (Å²) in [7, 11) is 0. The first kappa shape index (κ1) is 16.5. The number of nitrogens with one attached hydrogen (secondary N) is 2. The predicted octanol–water partition coefficient (Wildman–Crippen LogP) is 1.77. The number of hydrogen-bond donors (Lipinski definition) is 2. The van der Waals surface area contributed by atoms with E-state index in [2.05, 4.69) is 17.2 Å². The van der Waals surface area contributed by atoms with E-state index in [-0.39, 0.29) is 41.5 Å². The number of carbonyl (C=O) groups excluding carboxylic acids is 1. The van der Waals surface area contributed by atoms with Crippen molar-refractivity contribution in [1.29, 1.82) is 0 Å². The number of aromatic amines is 1. The van der Waals surface area contributed by atoms with Gasteiger partial charge in [-0.3, -0.25) is 9.59 Å². The standard InChI is InChI=1S/C16H19N3O2.ClH/c1-10-11(2)19(8-7-17-10)16(21)13-9-12-5-3-4-6-14(12)18-15(13)20;/h3-6,9-11,17H,7-8H2,1-2H3,(H,18,20);1H. The van der Waals surface area contributed by atoms with E-state index in [4.69, 9.17) is 0 Å². The van der Waals surface area contributed by atoms with Gasteiger partial charge in [-0.25, -0.2) is 0 Å². The second kappa shape index (κ2) is 6.50. The number of pyridine rings is 1. The van der Waals surface area contributed by atoms with E-state index in [0.29, 0.717) is 6.54 Å². The fraction of sp³-hybridized carbons (Fsp3) is 0.375. The monoisotopic (exact) mass is 321 g/mol. The van der Waals surface area contributed by atoms with Crippen molar-refractivity contribution in [1.82, 2.24) is 15.2 Å². The van der Waals surface area contributed by atoms with Crippen LogP contribution in [0.1, 0.15) is 24.2 Å². The van der Waals surface area contributed by atoms with Crippen LogP contribution in [0.5, 0.6) is 0 Å². The Kier molecular flexibility index (Phi) is 4.88. The number of rotatable bonds is 1. The summed E-state index contributed by atoms with van der Waals surface area (Å²) in [6.45, 7) is 5.43. The highest BCUT2D eigenvalue weighted by Crippen LogP contribution is 2.15. The average Bonchev–Trinajstić information content (AvgIpc) is 2.48. The van der Waals surface area contributed by atoms with Gasteiger partial charge in [-0.15, -0.1) is 12.4 Å². The predicted molar refractivity (Wildman–Crippen MR) is 89.8 cm³/mol. The molecule has 3 rings (SSSR count).